The van der Waals surface area contributed by atoms with E-state index >= 15 is 0 Å². The molecule has 2 saturated heterocycles. The molecule has 1 aromatic carbocycles. The Bertz CT molecular complexity index is 544. The van der Waals surface area contributed by atoms with Gasteiger partial charge in [-0.2, -0.15) is 0 Å². The fourth-order valence-electron chi connectivity index (χ4n) is 2.44. The summed E-state index contributed by atoms with van der Waals surface area (Å²) in [5, 5.41) is 11.9. The lowest BCUT2D eigenvalue weighted by Crippen LogP contribution is -2.64. The zero-order chi connectivity index (χ0) is 14.3. The smallest absolute Gasteiger partial charge is 0.325 e. The number of nitrogens with one attached hydrogen (secondary N) is 4. The van der Waals surface area contributed by atoms with Crippen LogP contribution < -0.4 is 21.3 Å². The van der Waals surface area contributed by atoms with Crippen LogP contribution in [0.15, 0.2) is 24.3 Å². The minimum Gasteiger partial charge on any atom is -0.358 e. The quantitative estimate of drug-likeness (QED) is 0.598. The highest BCUT2D eigenvalue weighted by Gasteiger charge is 2.45. The Labute approximate surface area is 116 Å². The number of aryl methyl sites for hydroxylation is 1. The minimum absolute atomic E-state index is 0.271. The highest BCUT2D eigenvalue weighted by molar-refractivity contribution is 6.00. The number of urea groups is 1. The predicted octanol–water partition coefficient (Wildman–Crippen LogP) is -0.240. The molecule has 3 amide bonds. The molecule has 0 aliphatic carbocycles. The molecule has 3 atom stereocenters. The second kappa shape index (κ2) is 4.77. The van der Waals surface area contributed by atoms with Gasteiger partial charge in [-0.05, 0) is 19.1 Å². The monoisotopic (exact) mass is 275 g/mol. The van der Waals surface area contributed by atoms with Crippen molar-refractivity contribution in [2.45, 2.75) is 25.4 Å². The molecule has 0 spiro atoms. The van der Waals surface area contributed by atoms with Gasteiger partial charge < -0.3 is 10.2 Å². The Balaban J connectivity index is 1.71. The van der Waals surface area contributed by atoms with Gasteiger partial charge >= 0.3 is 6.03 Å². The molecule has 2 aliphatic heterocycles. The SMILES string of the molecule is Cc1ccc(NC2NC3C(=O)NC(=O)N(C)C3N2)cc1. The molecule has 0 radical (unpaired) electrons. The maximum absolute atomic E-state index is 11.8. The second-order valence-electron chi connectivity index (χ2n) is 5.10. The van der Waals surface area contributed by atoms with Crippen LogP contribution in [0.2, 0.25) is 0 Å². The van der Waals surface area contributed by atoms with Gasteiger partial charge in [0, 0.05) is 12.7 Å². The molecule has 1 aromatic rings. The number of imide groups is 1. The third-order valence-electron chi connectivity index (χ3n) is 3.61. The summed E-state index contributed by atoms with van der Waals surface area (Å²) in [5.41, 5.74) is 2.12. The first-order valence-electron chi connectivity index (χ1n) is 6.47. The molecule has 7 heteroatoms. The molecule has 2 aliphatic rings. The lowest BCUT2D eigenvalue weighted by atomic mass is 10.2. The van der Waals surface area contributed by atoms with E-state index in [2.05, 4.69) is 21.3 Å². The summed E-state index contributed by atoms with van der Waals surface area (Å²) in [6, 6.07) is 7.10. The highest BCUT2D eigenvalue weighted by Crippen LogP contribution is 2.16. The summed E-state index contributed by atoms with van der Waals surface area (Å²) < 4.78 is 0. The Morgan fingerprint density at radius 3 is 2.55 bits per heavy atom. The van der Waals surface area contributed by atoms with Crippen molar-refractivity contribution in [3.8, 4) is 0 Å². The van der Waals surface area contributed by atoms with Gasteiger partial charge in [-0.1, -0.05) is 17.7 Å². The number of carbonyl (C=O) groups is 2. The van der Waals surface area contributed by atoms with Crippen LogP contribution in [0.25, 0.3) is 0 Å². The molecule has 2 heterocycles. The zero-order valence-corrected chi connectivity index (χ0v) is 11.3. The lowest BCUT2D eigenvalue weighted by Gasteiger charge is -2.32. The van der Waals surface area contributed by atoms with Crippen LogP contribution in [-0.2, 0) is 4.79 Å². The van der Waals surface area contributed by atoms with Crippen LogP contribution in [0, 0.1) is 6.92 Å². The third kappa shape index (κ3) is 2.21. The minimum atomic E-state index is -0.458. The third-order valence-corrected chi connectivity index (χ3v) is 3.61. The van der Waals surface area contributed by atoms with Crippen molar-refractivity contribution in [1.29, 1.82) is 0 Å². The van der Waals surface area contributed by atoms with E-state index in [0.717, 1.165) is 5.69 Å². The van der Waals surface area contributed by atoms with Crippen molar-refractivity contribution >= 4 is 17.6 Å². The average Bonchev–Trinajstić information content (AvgIpc) is 2.83. The van der Waals surface area contributed by atoms with Crippen molar-refractivity contribution in [1.82, 2.24) is 20.9 Å². The number of hydrogen-bond donors (Lipinski definition) is 4. The van der Waals surface area contributed by atoms with Crippen LogP contribution in [0.1, 0.15) is 5.56 Å². The maximum atomic E-state index is 11.8. The van der Waals surface area contributed by atoms with Gasteiger partial charge in [-0.15, -0.1) is 0 Å². The Morgan fingerprint density at radius 1 is 1.15 bits per heavy atom. The highest BCUT2D eigenvalue weighted by atomic mass is 16.2. The summed E-state index contributed by atoms with van der Waals surface area (Å²) in [6.45, 7) is 2.02. The summed E-state index contributed by atoms with van der Waals surface area (Å²) in [7, 11) is 1.66. The topological polar surface area (TPSA) is 85.5 Å². The number of nitrogens with zero attached hydrogens (tertiary/aromatic N) is 1. The van der Waals surface area contributed by atoms with Crippen molar-refractivity contribution in [2.75, 3.05) is 12.4 Å². The number of hydrogen-bond acceptors (Lipinski definition) is 5. The summed E-state index contributed by atoms with van der Waals surface area (Å²) in [6.07, 6.45) is -0.619. The number of amides is 3. The van der Waals surface area contributed by atoms with Gasteiger partial charge in [0.15, 0.2) is 0 Å². The van der Waals surface area contributed by atoms with E-state index in [0.29, 0.717) is 0 Å². The number of carbonyl (C=O) groups excluding carboxylic acids is 2. The largest absolute Gasteiger partial charge is 0.358 e. The molecular weight excluding hydrogens is 258 g/mol. The van der Waals surface area contributed by atoms with E-state index in [1.165, 1.54) is 10.5 Å². The van der Waals surface area contributed by atoms with Crippen LogP contribution in [0.5, 0.6) is 0 Å². The molecule has 4 N–H and O–H groups in total. The maximum Gasteiger partial charge on any atom is 0.325 e. The number of fused-ring (bicyclic) bond motifs is 1. The molecule has 20 heavy (non-hydrogen) atoms. The zero-order valence-electron chi connectivity index (χ0n) is 11.3. The summed E-state index contributed by atoms with van der Waals surface area (Å²) in [4.78, 5) is 24.8. The van der Waals surface area contributed by atoms with Gasteiger partial charge in [0.05, 0.1) is 0 Å². The molecule has 3 rings (SSSR count). The normalized spacial score (nSPS) is 29.1. The van der Waals surface area contributed by atoms with Gasteiger partial charge in [0.2, 0.25) is 5.91 Å². The standard InChI is InChI=1S/C13H17N5O2/c1-7-3-5-8(6-4-7)14-12-15-9-10(16-12)18(2)13(20)17-11(9)19/h3-6,9-10,12,14-16H,1-2H3,(H,17,19,20). The number of rotatable bonds is 2. The van der Waals surface area contributed by atoms with E-state index in [1.54, 1.807) is 7.05 Å². The Kier molecular flexibility index (Phi) is 3.07. The van der Waals surface area contributed by atoms with E-state index < -0.39 is 6.04 Å². The molecule has 0 bridgehead atoms. The van der Waals surface area contributed by atoms with Crippen molar-refractivity contribution < 1.29 is 9.59 Å². The number of likely N-dealkylation sites (N-methyl/N-ethyl adjacent to an activating group) is 1. The molecule has 7 nitrogen and oxygen atoms in total. The molecule has 3 unspecified atom stereocenters. The first-order valence-corrected chi connectivity index (χ1v) is 6.47. The van der Waals surface area contributed by atoms with Gasteiger partial charge in [0.25, 0.3) is 0 Å². The van der Waals surface area contributed by atoms with E-state index in [1.807, 2.05) is 31.2 Å². The van der Waals surface area contributed by atoms with Crippen LogP contribution in [0.3, 0.4) is 0 Å². The fraction of sp³-hybridized carbons (Fsp3) is 0.385. The molecule has 0 saturated carbocycles. The van der Waals surface area contributed by atoms with Crippen LogP contribution in [-0.4, -0.2) is 42.4 Å². The Morgan fingerprint density at radius 2 is 1.85 bits per heavy atom. The fourth-order valence-corrected chi connectivity index (χ4v) is 2.44. The lowest BCUT2D eigenvalue weighted by molar-refractivity contribution is -0.124. The van der Waals surface area contributed by atoms with Gasteiger partial charge in [0.1, 0.15) is 18.5 Å². The Hall–Kier alpha value is -2.12. The van der Waals surface area contributed by atoms with Crippen molar-refractivity contribution in [3.63, 3.8) is 0 Å². The van der Waals surface area contributed by atoms with Crippen LogP contribution in [0.4, 0.5) is 10.5 Å². The molecule has 0 aromatic heterocycles. The first kappa shape index (κ1) is 12.9. The van der Waals surface area contributed by atoms with Gasteiger partial charge in [-0.25, -0.2) is 4.79 Å². The van der Waals surface area contributed by atoms with E-state index in [-0.39, 0.29) is 24.4 Å². The second-order valence-corrected chi connectivity index (χ2v) is 5.10. The first-order chi connectivity index (χ1) is 9.54. The van der Waals surface area contributed by atoms with E-state index in [4.69, 9.17) is 0 Å². The van der Waals surface area contributed by atoms with Gasteiger partial charge in [-0.3, -0.25) is 20.7 Å². The molecule has 106 valence electrons. The van der Waals surface area contributed by atoms with E-state index in [9.17, 15) is 9.59 Å². The average molecular weight is 275 g/mol. The summed E-state index contributed by atoms with van der Waals surface area (Å²) in [5.74, 6) is -0.307. The van der Waals surface area contributed by atoms with Crippen molar-refractivity contribution in [2.24, 2.45) is 0 Å². The van der Waals surface area contributed by atoms with Crippen LogP contribution >= 0.6 is 0 Å². The predicted molar refractivity (Wildman–Crippen MR) is 73.7 cm³/mol. The molecule has 2 fully saturated rings. The van der Waals surface area contributed by atoms with Crippen molar-refractivity contribution in [3.05, 3.63) is 29.8 Å². The number of benzene rings is 1. The number of anilines is 1. The summed E-state index contributed by atoms with van der Waals surface area (Å²) >= 11 is 0. The molecular formula is C13H17N5O2.